The zero-order chi connectivity index (χ0) is 21.8. The number of unbranched alkanes of at least 4 members (excludes halogenated alkanes) is 13. The number of aliphatic hydroxyl groups excluding tert-OH is 1. The van der Waals surface area contributed by atoms with Crippen molar-refractivity contribution in [2.45, 2.75) is 154 Å². The van der Waals surface area contributed by atoms with Crippen LogP contribution in [0.2, 0.25) is 0 Å². The molecule has 0 aliphatic rings. The molecular weight excluding hydrogens is 384 g/mol. The van der Waals surface area contributed by atoms with Gasteiger partial charge < -0.3 is 5.11 Å². The van der Waals surface area contributed by atoms with Crippen LogP contribution in [0.5, 0.6) is 0 Å². The second kappa shape index (κ2) is 19.8. The highest BCUT2D eigenvalue weighted by atomic mass is 32.2. The van der Waals surface area contributed by atoms with E-state index in [1.54, 1.807) is 0 Å². The first-order chi connectivity index (χ1) is 13.9. The van der Waals surface area contributed by atoms with E-state index >= 15 is 0 Å². The average molecular weight is 435 g/mol. The van der Waals surface area contributed by atoms with E-state index in [1.807, 2.05) is 0 Å². The zero-order valence-electron chi connectivity index (χ0n) is 19.4. The molecule has 0 radical (unpaired) electrons. The minimum atomic E-state index is -3.90. The van der Waals surface area contributed by atoms with E-state index in [4.69, 9.17) is 0 Å². The third kappa shape index (κ3) is 19.6. The lowest BCUT2D eigenvalue weighted by Crippen LogP contribution is -2.20. The SMILES string of the molecule is CCCCCCCCCC(O)CCCCCCCCC(CCCCC)S(=O)(=O)O. The van der Waals surface area contributed by atoms with Crippen molar-refractivity contribution in [3.8, 4) is 0 Å². The molecule has 0 aromatic carbocycles. The van der Waals surface area contributed by atoms with E-state index < -0.39 is 15.4 Å². The predicted octanol–water partition coefficient (Wildman–Crippen LogP) is 7.45. The molecule has 0 spiro atoms. The van der Waals surface area contributed by atoms with Gasteiger partial charge in [0.1, 0.15) is 0 Å². The molecule has 2 N–H and O–H groups in total. The summed E-state index contributed by atoms with van der Waals surface area (Å²) in [4.78, 5) is 0. The Kier molecular flexibility index (Phi) is 19.7. The fourth-order valence-corrected chi connectivity index (χ4v) is 4.93. The molecule has 29 heavy (non-hydrogen) atoms. The third-order valence-corrected chi connectivity index (χ3v) is 7.32. The molecule has 176 valence electrons. The van der Waals surface area contributed by atoms with Gasteiger partial charge in [-0.2, -0.15) is 8.42 Å². The predicted molar refractivity (Wildman–Crippen MR) is 125 cm³/mol. The Labute approximate surface area is 182 Å². The van der Waals surface area contributed by atoms with Gasteiger partial charge in [-0.05, 0) is 25.7 Å². The van der Waals surface area contributed by atoms with Crippen LogP contribution in [0.3, 0.4) is 0 Å². The molecule has 5 heteroatoms. The highest BCUT2D eigenvalue weighted by molar-refractivity contribution is 7.86. The Balaban J connectivity index is 3.54. The second-order valence-corrected chi connectivity index (χ2v) is 10.6. The molecule has 0 amide bonds. The second-order valence-electron chi connectivity index (χ2n) is 8.90. The van der Waals surface area contributed by atoms with Crippen molar-refractivity contribution in [3.63, 3.8) is 0 Å². The van der Waals surface area contributed by atoms with Gasteiger partial charge in [0, 0.05) is 0 Å². The molecule has 0 fully saturated rings. The highest BCUT2D eigenvalue weighted by Gasteiger charge is 2.21. The largest absolute Gasteiger partial charge is 0.393 e. The summed E-state index contributed by atoms with van der Waals surface area (Å²) in [6, 6.07) is 0. The van der Waals surface area contributed by atoms with Crippen LogP contribution in [-0.2, 0) is 10.1 Å². The molecule has 0 rings (SSSR count). The summed E-state index contributed by atoms with van der Waals surface area (Å²) in [6.07, 6.45) is 21.3. The third-order valence-electron chi connectivity index (χ3n) is 6.01. The first kappa shape index (κ1) is 28.9. The Morgan fingerprint density at radius 3 is 1.28 bits per heavy atom. The van der Waals surface area contributed by atoms with Crippen molar-refractivity contribution >= 4 is 10.1 Å². The first-order valence-corrected chi connectivity index (χ1v) is 14.1. The molecule has 0 heterocycles. The van der Waals surface area contributed by atoms with Gasteiger partial charge in [-0.1, -0.05) is 117 Å². The Bertz CT molecular complexity index is 436. The van der Waals surface area contributed by atoms with Crippen LogP contribution in [0.1, 0.15) is 142 Å². The maximum Gasteiger partial charge on any atom is 0.267 e. The van der Waals surface area contributed by atoms with Crippen LogP contribution in [0.4, 0.5) is 0 Å². The number of hydrogen-bond donors (Lipinski definition) is 2. The summed E-state index contributed by atoms with van der Waals surface area (Å²) in [5.74, 6) is 0. The lowest BCUT2D eigenvalue weighted by molar-refractivity contribution is 0.147. The van der Waals surface area contributed by atoms with Crippen LogP contribution in [0.25, 0.3) is 0 Å². The summed E-state index contributed by atoms with van der Waals surface area (Å²) >= 11 is 0. The Hall–Kier alpha value is -0.130. The topological polar surface area (TPSA) is 74.6 Å². The van der Waals surface area contributed by atoms with E-state index in [9.17, 15) is 18.1 Å². The summed E-state index contributed by atoms with van der Waals surface area (Å²) in [7, 11) is -3.90. The zero-order valence-corrected chi connectivity index (χ0v) is 20.2. The summed E-state index contributed by atoms with van der Waals surface area (Å²) in [6.45, 7) is 4.34. The quantitative estimate of drug-likeness (QED) is 0.137. The molecule has 0 saturated heterocycles. The monoisotopic (exact) mass is 434 g/mol. The van der Waals surface area contributed by atoms with Crippen LogP contribution in [0, 0.1) is 0 Å². The molecule has 4 nitrogen and oxygen atoms in total. The molecule has 0 aromatic rings. The van der Waals surface area contributed by atoms with Crippen LogP contribution < -0.4 is 0 Å². The molecule has 2 atom stereocenters. The van der Waals surface area contributed by atoms with Crippen molar-refractivity contribution in [2.75, 3.05) is 0 Å². The van der Waals surface area contributed by atoms with Crippen LogP contribution >= 0.6 is 0 Å². The van der Waals surface area contributed by atoms with Crippen molar-refractivity contribution in [1.82, 2.24) is 0 Å². The van der Waals surface area contributed by atoms with Crippen molar-refractivity contribution in [2.24, 2.45) is 0 Å². The van der Waals surface area contributed by atoms with E-state index in [1.165, 1.54) is 38.5 Å². The Morgan fingerprint density at radius 1 is 0.552 bits per heavy atom. The van der Waals surface area contributed by atoms with Gasteiger partial charge in [-0.15, -0.1) is 0 Å². The lowest BCUT2D eigenvalue weighted by Gasteiger charge is -2.13. The maximum atomic E-state index is 11.5. The lowest BCUT2D eigenvalue weighted by atomic mass is 10.0. The minimum absolute atomic E-state index is 0.135. The van der Waals surface area contributed by atoms with Gasteiger partial charge in [0.2, 0.25) is 0 Å². The van der Waals surface area contributed by atoms with E-state index in [-0.39, 0.29) is 6.10 Å². The van der Waals surface area contributed by atoms with Crippen molar-refractivity contribution in [3.05, 3.63) is 0 Å². The Morgan fingerprint density at radius 2 is 0.862 bits per heavy atom. The normalized spacial score (nSPS) is 14.2. The minimum Gasteiger partial charge on any atom is -0.393 e. The fourth-order valence-electron chi connectivity index (χ4n) is 4.00. The van der Waals surface area contributed by atoms with Crippen LogP contribution in [0.15, 0.2) is 0 Å². The van der Waals surface area contributed by atoms with E-state index in [0.717, 1.165) is 77.0 Å². The first-order valence-electron chi connectivity index (χ1n) is 12.6. The van der Waals surface area contributed by atoms with Gasteiger partial charge >= 0.3 is 0 Å². The highest BCUT2D eigenvalue weighted by Crippen LogP contribution is 2.19. The molecule has 0 bridgehead atoms. The smallest absolute Gasteiger partial charge is 0.267 e. The molecule has 2 unspecified atom stereocenters. The number of aliphatic hydroxyl groups is 1. The molecular formula is C24H50O4S. The molecule has 0 aliphatic carbocycles. The van der Waals surface area contributed by atoms with Gasteiger partial charge in [0.25, 0.3) is 10.1 Å². The standard InChI is InChI=1S/C24H50O4S/c1-3-5-7-8-9-12-16-19-23(25)20-17-13-10-11-14-18-22-24(29(26,27)28)21-15-6-4-2/h23-25H,3-22H2,1-2H3,(H,26,27,28). The van der Waals surface area contributed by atoms with Gasteiger partial charge in [0.15, 0.2) is 0 Å². The number of rotatable bonds is 22. The molecule has 0 saturated carbocycles. The fraction of sp³-hybridized carbons (Fsp3) is 1.00. The summed E-state index contributed by atoms with van der Waals surface area (Å²) < 4.78 is 32.3. The van der Waals surface area contributed by atoms with Gasteiger partial charge in [-0.3, -0.25) is 4.55 Å². The van der Waals surface area contributed by atoms with Crippen molar-refractivity contribution in [1.29, 1.82) is 0 Å². The van der Waals surface area contributed by atoms with Crippen LogP contribution in [-0.4, -0.2) is 29.4 Å². The summed E-state index contributed by atoms with van der Waals surface area (Å²) in [5.41, 5.74) is 0. The van der Waals surface area contributed by atoms with Gasteiger partial charge in [-0.25, -0.2) is 0 Å². The summed E-state index contributed by atoms with van der Waals surface area (Å²) in [5, 5.41) is 9.50. The van der Waals surface area contributed by atoms with E-state index in [0.29, 0.717) is 12.8 Å². The van der Waals surface area contributed by atoms with E-state index in [2.05, 4.69) is 13.8 Å². The molecule has 0 aromatic heterocycles. The average Bonchev–Trinajstić information content (AvgIpc) is 2.67. The van der Waals surface area contributed by atoms with Gasteiger partial charge in [0.05, 0.1) is 11.4 Å². The van der Waals surface area contributed by atoms with Crippen molar-refractivity contribution < 1.29 is 18.1 Å². The number of hydrogen-bond acceptors (Lipinski definition) is 3. The molecule has 0 aliphatic heterocycles. The maximum absolute atomic E-state index is 11.5.